The summed E-state index contributed by atoms with van der Waals surface area (Å²) in [4.78, 5) is 16.8. The van der Waals surface area contributed by atoms with E-state index < -0.39 is 10.0 Å². The van der Waals surface area contributed by atoms with Gasteiger partial charge < -0.3 is 10.1 Å². The Labute approximate surface area is 182 Å². The highest BCUT2D eigenvalue weighted by molar-refractivity contribution is 7.89. The van der Waals surface area contributed by atoms with E-state index in [0.29, 0.717) is 12.4 Å². The van der Waals surface area contributed by atoms with Crippen LogP contribution in [0, 0.1) is 0 Å². The number of carbonyl (C=O) groups is 1. The summed E-state index contributed by atoms with van der Waals surface area (Å²) in [7, 11) is -3.63. The molecule has 1 amide bonds. The average molecular weight is 440 g/mol. The molecule has 0 radical (unpaired) electrons. The number of hydrogen-bond donors (Lipinski definition) is 2. The van der Waals surface area contributed by atoms with Crippen LogP contribution in [0.4, 0.5) is 0 Å². The minimum Gasteiger partial charge on any atom is -0.489 e. The van der Waals surface area contributed by atoms with Gasteiger partial charge >= 0.3 is 0 Å². The second-order valence-electron chi connectivity index (χ2n) is 6.94. The first kappa shape index (κ1) is 22.5. The van der Waals surface area contributed by atoms with Crippen molar-refractivity contribution < 1.29 is 17.9 Å². The van der Waals surface area contributed by atoms with Crippen LogP contribution in [0.15, 0.2) is 78.0 Å². The lowest BCUT2D eigenvalue weighted by Gasteiger charge is -2.15. The Hall–Kier alpha value is -3.23. The summed E-state index contributed by atoms with van der Waals surface area (Å²) in [6.45, 7) is 4.26. The summed E-state index contributed by atoms with van der Waals surface area (Å²) in [5.74, 6) is 0.366. The molecule has 162 valence electrons. The van der Waals surface area contributed by atoms with Crippen LogP contribution < -0.4 is 14.8 Å². The molecule has 0 saturated heterocycles. The van der Waals surface area contributed by atoms with Crippen LogP contribution in [-0.2, 0) is 16.6 Å². The highest BCUT2D eigenvalue weighted by Gasteiger charge is 2.17. The molecule has 1 heterocycles. The second kappa shape index (κ2) is 10.2. The van der Waals surface area contributed by atoms with Crippen LogP contribution in [0.2, 0.25) is 0 Å². The molecule has 7 nitrogen and oxygen atoms in total. The maximum Gasteiger partial charge on any atom is 0.251 e. The van der Waals surface area contributed by atoms with E-state index >= 15 is 0 Å². The zero-order valence-corrected chi connectivity index (χ0v) is 18.2. The highest BCUT2D eigenvalue weighted by Crippen LogP contribution is 2.19. The number of amides is 1. The zero-order valence-electron chi connectivity index (χ0n) is 17.4. The number of pyridine rings is 1. The molecule has 1 atom stereocenters. The summed E-state index contributed by atoms with van der Waals surface area (Å²) in [5, 5.41) is 2.90. The number of nitrogens with one attached hydrogen (secondary N) is 2. The van der Waals surface area contributed by atoms with E-state index in [-0.39, 0.29) is 29.0 Å². The molecule has 0 fully saturated rings. The summed E-state index contributed by atoms with van der Waals surface area (Å²) in [6, 6.07) is 17.0. The van der Waals surface area contributed by atoms with E-state index in [0.717, 1.165) is 11.1 Å². The van der Waals surface area contributed by atoms with Gasteiger partial charge in [-0.1, -0.05) is 31.2 Å². The van der Waals surface area contributed by atoms with E-state index in [1.54, 1.807) is 31.5 Å². The van der Waals surface area contributed by atoms with Gasteiger partial charge in [-0.05, 0) is 48.9 Å². The second-order valence-corrected chi connectivity index (χ2v) is 8.71. The molecule has 0 aliphatic heterocycles. The molecule has 3 aromatic rings. The smallest absolute Gasteiger partial charge is 0.251 e. The SMILES string of the molecule is CCNS(=O)(=O)c1cccc(C(=O)NC(C)c2ccc(OCc3cccnc3)cc2)c1. The molecular formula is C23H25N3O4S. The largest absolute Gasteiger partial charge is 0.489 e. The van der Waals surface area contributed by atoms with Crippen molar-refractivity contribution in [3.05, 3.63) is 89.7 Å². The third-order valence-corrected chi connectivity index (χ3v) is 6.14. The summed E-state index contributed by atoms with van der Waals surface area (Å²) < 4.78 is 32.5. The predicted molar refractivity (Wildman–Crippen MR) is 118 cm³/mol. The van der Waals surface area contributed by atoms with Gasteiger partial charge in [0.05, 0.1) is 10.9 Å². The van der Waals surface area contributed by atoms with E-state index in [1.165, 1.54) is 12.1 Å². The van der Waals surface area contributed by atoms with E-state index in [9.17, 15) is 13.2 Å². The number of nitrogens with zero attached hydrogens (tertiary/aromatic N) is 1. The fourth-order valence-corrected chi connectivity index (χ4v) is 4.03. The molecule has 31 heavy (non-hydrogen) atoms. The molecule has 0 bridgehead atoms. The quantitative estimate of drug-likeness (QED) is 0.532. The molecular weight excluding hydrogens is 414 g/mol. The molecule has 2 aromatic carbocycles. The van der Waals surface area contributed by atoms with Crippen LogP contribution in [0.5, 0.6) is 5.75 Å². The predicted octanol–water partition coefficient (Wildman–Crippen LogP) is 3.45. The molecule has 8 heteroatoms. The number of aromatic nitrogens is 1. The summed E-state index contributed by atoms with van der Waals surface area (Å²) in [5.41, 5.74) is 2.16. The lowest BCUT2D eigenvalue weighted by Crippen LogP contribution is -2.27. The molecule has 0 aliphatic rings. The first-order valence-electron chi connectivity index (χ1n) is 9.91. The van der Waals surface area contributed by atoms with Gasteiger partial charge in [0.15, 0.2) is 0 Å². The van der Waals surface area contributed by atoms with E-state index in [2.05, 4.69) is 15.0 Å². The van der Waals surface area contributed by atoms with E-state index in [4.69, 9.17) is 4.74 Å². The average Bonchev–Trinajstić information content (AvgIpc) is 2.78. The monoisotopic (exact) mass is 439 g/mol. The van der Waals surface area contributed by atoms with Gasteiger partial charge in [-0.25, -0.2) is 13.1 Å². The Bertz CT molecular complexity index is 1120. The Morgan fingerprint density at radius 3 is 2.55 bits per heavy atom. The number of benzene rings is 2. The van der Waals surface area contributed by atoms with Crippen LogP contribution in [-0.4, -0.2) is 25.9 Å². The first-order chi connectivity index (χ1) is 14.9. The number of carbonyl (C=O) groups excluding carboxylic acids is 1. The van der Waals surface area contributed by atoms with Crippen molar-refractivity contribution in [3.8, 4) is 5.75 Å². The van der Waals surface area contributed by atoms with Gasteiger partial charge in [0, 0.05) is 30.1 Å². The minimum atomic E-state index is -3.63. The zero-order chi connectivity index (χ0) is 22.3. The number of ether oxygens (including phenoxy) is 1. The Morgan fingerprint density at radius 1 is 1.10 bits per heavy atom. The van der Waals surface area contributed by atoms with Crippen molar-refractivity contribution in [2.45, 2.75) is 31.4 Å². The summed E-state index contributed by atoms with van der Waals surface area (Å²) in [6.07, 6.45) is 3.47. The summed E-state index contributed by atoms with van der Waals surface area (Å²) >= 11 is 0. The molecule has 0 spiro atoms. The van der Waals surface area contributed by atoms with Gasteiger partial charge in [0.2, 0.25) is 10.0 Å². The molecule has 1 aromatic heterocycles. The molecule has 3 rings (SSSR count). The Balaban J connectivity index is 1.62. The van der Waals surface area contributed by atoms with Gasteiger partial charge in [-0.15, -0.1) is 0 Å². The first-order valence-corrected chi connectivity index (χ1v) is 11.4. The molecule has 0 saturated carbocycles. The van der Waals surface area contributed by atoms with Crippen molar-refractivity contribution in [2.75, 3.05) is 6.54 Å². The van der Waals surface area contributed by atoms with Crippen LogP contribution >= 0.6 is 0 Å². The Kier molecular flexibility index (Phi) is 7.38. The molecule has 0 aliphatic carbocycles. The fourth-order valence-electron chi connectivity index (χ4n) is 2.94. The standard InChI is InChI=1S/C23H25N3O4S/c1-3-25-31(28,29)22-8-4-7-20(14-22)23(27)26-17(2)19-9-11-21(12-10-19)30-16-18-6-5-13-24-15-18/h4-15,17,25H,3,16H2,1-2H3,(H,26,27). The maximum atomic E-state index is 12.6. The normalized spacial score (nSPS) is 12.2. The third kappa shape index (κ3) is 6.13. The lowest BCUT2D eigenvalue weighted by molar-refractivity contribution is 0.0939. The Morgan fingerprint density at radius 2 is 1.87 bits per heavy atom. The lowest BCUT2D eigenvalue weighted by atomic mass is 10.1. The van der Waals surface area contributed by atoms with Crippen molar-refractivity contribution in [1.82, 2.24) is 15.0 Å². The number of rotatable bonds is 9. The molecule has 1 unspecified atom stereocenters. The fraction of sp³-hybridized carbons (Fsp3) is 0.217. The van der Waals surface area contributed by atoms with Crippen LogP contribution in [0.25, 0.3) is 0 Å². The molecule has 2 N–H and O–H groups in total. The maximum absolute atomic E-state index is 12.6. The van der Waals surface area contributed by atoms with Crippen molar-refractivity contribution in [3.63, 3.8) is 0 Å². The van der Waals surface area contributed by atoms with Crippen molar-refractivity contribution >= 4 is 15.9 Å². The van der Waals surface area contributed by atoms with Gasteiger partial charge in [-0.3, -0.25) is 9.78 Å². The topological polar surface area (TPSA) is 97.4 Å². The van der Waals surface area contributed by atoms with E-state index in [1.807, 2.05) is 43.3 Å². The minimum absolute atomic E-state index is 0.0600. The third-order valence-electron chi connectivity index (χ3n) is 4.60. The van der Waals surface area contributed by atoms with Gasteiger partial charge in [0.1, 0.15) is 12.4 Å². The highest BCUT2D eigenvalue weighted by atomic mass is 32.2. The number of sulfonamides is 1. The van der Waals surface area contributed by atoms with Crippen molar-refractivity contribution in [1.29, 1.82) is 0 Å². The van der Waals surface area contributed by atoms with Crippen LogP contribution in [0.3, 0.4) is 0 Å². The van der Waals surface area contributed by atoms with Gasteiger partial charge in [-0.2, -0.15) is 0 Å². The number of hydrogen-bond acceptors (Lipinski definition) is 5. The van der Waals surface area contributed by atoms with Crippen LogP contribution in [0.1, 0.15) is 41.4 Å². The van der Waals surface area contributed by atoms with Gasteiger partial charge in [0.25, 0.3) is 5.91 Å². The van der Waals surface area contributed by atoms with Crippen molar-refractivity contribution in [2.24, 2.45) is 0 Å².